The molecular weight excluding hydrogens is 324 g/mol. The molecule has 2 rings (SSSR count). The average molecular weight is 346 g/mol. The molecule has 0 aromatic heterocycles. The summed E-state index contributed by atoms with van der Waals surface area (Å²) in [5, 5.41) is 4.28. The summed E-state index contributed by atoms with van der Waals surface area (Å²) >= 11 is 9.48. The zero-order valence-corrected chi connectivity index (χ0v) is 13.8. The highest BCUT2D eigenvalue weighted by molar-refractivity contribution is 9.10. The number of hydrogen-bond donors (Lipinski definition) is 1. The van der Waals surface area contributed by atoms with E-state index in [1.165, 1.54) is 31.5 Å². The van der Waals surface area contributed by atoms with Crippen molar-refractivity contribution in [2.45, 2.75) is 26.3 Å². The summed E-state index contributed by atoms with van der Waals surface area (Å²) in [6.45, 7) is 7.96. The van der Waals surface area contributed by atoms with Crippen molar-refractivity contribution < 1.29 is 0 Å². The molecule has 0 spiro atoms. The van der Waals surface area contributed by atoms with E-state index in [1.54, 1.807) is 0 Å². The number of halogens is 2. The van der Waals surface area contributed by atoms with Gasteiger partial charge in [0.25, 0.3) is 0 Å². The molecule has 0 unspecified atom stereocenters. The van der Waals surface area contributed by atoms with Crippen molar-refractivity contribution >= 4 is 27.5 Å². The Balaban J connectivity index is 1.66. The molecule has 106 valence electrons. The standard InChI is InChI=1S/C15H22BrClN2/c1-12-4-7-19(8-5-12)9-6-18-11-13-2-3-14(17)10-15(13)16/h2-3,10,12,18H,4-9,11H2,1H3. The maximum atomic E-state index is 5.93. The van der Waals surface area contributed by atoms with E-state index in [0.717, 1.165) is 35.0 Å². The van der Waals surface area contributed by atoms with Gasteiger partial charge < -0.3 is 10.2 Å². The number of benzene rings is 1. The van der Waals surface area contributed by atoms with Gasteiger partial charge in [0.1, 0.15) is 0 Å². The molecular formula is C15H22BrClN2. The molecule has 1 saturated heterocycles. The van der Waals surface area contributed by atoms with Crippen molar-refractivity contribution in [1.29, 1.82) is 0 Å². The first-order valence-electron chi connectivity index (χ1n) is 7.02. The van der Waals surface area contributed by atoms with Gasteiger partial charge in [-0.1, -0.05) is 40.5 Å². The molecule has 4 heteroatoms. The van der Waals surface area contributed by atoms with Gasteiger partial charge in [-0.05, 0) is 49.5 Å². The second-order valence-corrected chi connectivity index (χ2v) is 6.73. The summed E-state index contributed by atoms with van der Waals surface area (Å²) in [5.74, 6) is 0.911. The zero-order valence-electron chi connectivity index (χ0n) is 11.5. The smallest absolute Gasteiger partial charge is 0.0417 e. The molecule has 1 aliphatic rings. The molecule has 0 saturated carbocycles. The summed E-state index contributed by atoms with van der Waals surface area (Å²) in [5.41, 5.74) is 1.26. The third-order valence-corrected chi connectivity index (χ3v) is 4.78. The molecule has 1 aromatic rings. The highest BCUT2D eigenvalue weighted by atomic mass is 79.9. The third-order valence-electron chi connectivity index (χ3n) is 3.81. The van der Waals surface area contributed by atoms with Crippen LogP contribution in [0.15, 0.2) is 22.7 Å². The summed E-state index contributed by atoms with van der Waals surface area (Å²) < 4.78 is 1.08. The van der Waals surface area contributed by atoms with Gasteiger partial charge in [0.2, 0.25) is 0 Å². The molecule has 1 fully saturated rings. The summed E-state index contributed by atoms with van der Waals surface area (Å²) in [6, 6.07) is 5.96. The molecule has 1 N–H and O–H groups in total. The zero-order chi connectivity index (χ0) is 13.7. The number of likely N-dealkylation sites (tertiary alicyclic amines) is 1. The van der Waals surface area contributed by atoms with Crippen LogP contribution in [0.2, 0.25) is 5.02 Å². The van der Waals surface area contributed by atoms with Gasteiger partial charge >= 0.3 is 0 Å². The van der Waals surface area contributed by atoms with Gasteiger partial charge in [-0.15, -0.1) is 0 Å². The highest BCUT2D eigenvalue weighted by Gasteiger charge is 2.14. The number of hydrogen-bond acceptors (Lipinski definition) is 2. The quantitative estimate of drug-likeness (QED) is 0.814. The summed E-state index contributed by atoms with van der Waals surface area (Å²) in [6.07, 6.45) is 2.70. The molecule has 0 radical (unpaired) electrons. The van der Waals surface area contributed by atoms with E-state index < -0.39 is 0 Å². The summed E-state index contributed by atoms with van der Waals surface area (Å²) in [7, 11) is 0. The van der Waals surface area contributed by atoms with Crippen LogP contribution in [0.5, 0.6) is 0 Å². The lowest BCUT2D eigenvalue weighted by Gasteiger charge is -2.30. The SMILES string of the molecule is CC1CCN(CCNCc2ccc(Cl)cc2Br)CC1. The molecule has 0 aliphatic carbocycles. The largest absolute Gasteiger partial charge is 0.311 e. The van der Waals surface area contributed by atoms with E-state index in [2.05, 4.69) is 39.1 Å². The fourth-order valence-corrected chi connectivity index (χ4v) is 3.23. The van der Waals surface area contributed by atoms with Gasteiger partial charge in [-0.3, -0.25) is 0 Å². The average Bonchev–Trinajstić information content (AvgIpc) is 2.39. The fraction of sp³-hybridized carbons (Fsp3) is 0.600. The van der Waals surface area contributed by atoms with Gasteiger partial charge in [0.15, 0.2) is 0 Å². The minimum atomic E-state index is 0.776. The van der Waals surface area contributed by atoms with Crippen LogP contribution < -0.4 is 5.32 Å². The van der Waals surface area contributed by atoms with Gasteiger partial charge in [0.05, 0.1) is 0 Å². The lowest BCUT2D eigenvalue weighted by atomic mass is 9.99. The minimum Gasteiger partial charge on any atom is -0.311 e. The topological polar surface area (TPSA) is 15.3 Å². The van der Waals surface area contributed by atoms with E-state index >= 15 is 0 Å². The maximum Gasteiger partial charge on any atom is 0.0417 e. The van der Waals surface area contributed by atoms with Crippen LogP contribution in [0.4, 0.5) is 0 Å². The second kappa shape index (κ2) is 7.63. The van der Waals surface area contributed by atoms with Crippen molar-refractivity contribution in [3.8, 4) is 0 Å². The van der Waals surface area contributed by atoms with Gasteiger partial charge in [-0.2, -0.15) is 0 Å². The lowest BCUT2D eigenvalue weighted by Crippen LogP contribution is -2.37. The minimum absolute atomic E-state index is 0.776. The monoisotopic (exact) mass is 344 g/mol. The van der Waals surface area contributed by atoms with Gasteiger partial charge in [-0.25, -0.2) is 0 Å². The Hall–Kier alpha value is -0.0900. The van der Waals surface area contributed by atoms with Crippen LogP contribution in [-0.2, 0) is 6.54 Å². The Morgan fingerprint density at radius 3 is 2.79 bits per heavy atom. The Morgan fingerprint density at radius 1 is 1.37 bits per heavy atom. The summed E-state index contributed by atoms with van der Waals surface area (Å²) in [4.78, 5) is 2.56. The van der Waals surface area contributed by atoms with Crippen LogP contribution in [0.1, 0.15) is 25.3 Å². The van der Waals surface area contributed by atoms with Crippen molar-refractivity contribution in [1.82, 2.24) is 10.2 Å². The van der Waals surface area contributed by atoms with Gasteiger partial charge in [0, 0.05) is 29.1 Å². The van der Waals surface area contributed by atoms with Crippen LogP contribution in [0.3, 0.4) is 0 Å². The molecule has 1 heterocycles. The van der Waals surface area contributed by atoms with E-state index in [9.17, 15) is 0 Å². The maximum absolute atomic E-state index is 5.93. The number of piperidine rings is 1. The molecule has 19 heavy (non-hydrogen) atoms. The van der Waals surface area contributed by atoms with Crippen LogP contribution in [-0.4, -0.2) is 31.1 Å². The predicted octanol–water partition coefficient (Wildman–Crippen LogP) is 3.92. The molecule has 2 nitrogen and oxygen atoms in total. The Morgan fingerprint density at radius 2 is 2.11 bits per heavy atom. The number of nitrogens with zero attached hydrogens (tertiary/aromatic N) is 1. The molecule has 0 atom stereocenters. The Kier molecular flexibility index (Phi) is 6.14. The van der Waals surface area contributed by atoms with Crippen molar-refractivity contribution in [2.24, 2.45) is 5.92 Å². The van der Waals surface area contributed by atoms with Crippen molar-refractivity contribution in [3.63, 3.8) is 0 Å². The number of nitrogens with one attached hydrogen (secondary N) is 1. The normalized spacial score (nSPS) is 17.8. The molecule has 0 amide bonds. The van der Waals surface area contributed by atoms with Crippen LogP contribution in [0.25, 0.3) is 0 Å². The van der Waals surface area contributed by atoms with Crippen molar-refractivity contribution in [2.75, 3.05) is 26.2 Å². The van der Waals surface area contributed by atoms with Crippen LogP contribution >= 0.6 is 27.5 Å². The second-order valence-electron chi connectivity index (χ2n) is 5.44. The van der Waals surface area contributed by atoms with Crippen LogP contribution in [0, 0.1) is 5.92 Å². The first-order valence-corrected chi connectivity index (χ1v) is 8.19. The van der Waals surface area contributed by atoms with E-state index in [4.69, 9.17) is 11.6 Å². The highest BCUT2D eigenvalue weighted by Crippen LogP contribution is 2.21. The Bertz CT molecular complexity index is 403. The lowest BCUT2D eigenvalue weighted by molar-refractivity contribution is 0.193. The first-order chi connectivity index (χ1) is 9.15. The molecule has 1 aromatic carbocycles. The van der Waals surface area contributed by atoms with E-state index in [0.29, 0.717) is 0 Å². The first kappa shape index (κ1) is 15.3. The predicted molar refractivity (Wildman–Crippen MR) is 85.7 cm³/mol. The van der Waals surface area contributed by atoms with E-state index in [1.807, 2.05) is 12.1 Å². The van der Waals surface area contributed by atoms with E-state index in [-0.39, 0.29) is 0 Å². The van der Waals surface area contributed by atoms with Crippen molar-refractivity contribution in [3.05, 3.63) is 33.3 Å². The fourth-order valence-electron chi connectivity index (χ4n) is 2.41. The Labute approximate surface area is 129 Å². The third kappa shape index (κ3) is 5.07. The molecule has 0 bridgehead atoms. The molecule has 1 aliphatic heterocycles. The number of rotatable bonds is 5.